The zero-order chi connectivity index (χ0) is 55.7. The van der Waals surface area contributed by atoms with E-state index in [0.717, 1.165) is 77.0 Å². The second-order valence-corrected chi connectivity index (χ2v) is 24.7. The predicted molar refractivity (Wildman–Crippen MR) is 326 cm³/mol. The number of unbranched alkanes of at least 4 members (excludes halogenated alkanes) is 39. The van der Waals surface area contributed by atoms with Gasteiger partial charge in [-0.25, -0.2) is 0 Å². The van der Waals surface area contributed by atoms with Crippen LogP contribution in [0.1, 0.15) is 310 Å². The average Bonchev–Trinajstić information content (AvgIpc) is 3.38. The van der Waals surface area contributed by atoms with Crippen LogP contribution < -0.4 is 10.2 Å². The quantitative estimate of drug-likeness (QED) is 0.0161. The molecule has 0 saturated heterocycles. The maximum absolute atomic E-state index is 13.5. The number of nitrogens with one attached hydrogen (secondary N) is 1. The third-order valence-electron chi connectivity index (χ3n) is 14.6. The maximum atomic E-state index is 13.5. The van der Waals surface area contributed by atoms with Crippen LogP contribution in [-0.2, 0) is 27.9 Å². The molecule has 0 aromatic rings. The first-order valence-corrected chi connectivity index (χ1v) is 33.9. The van der Waals surface area contributed by atoms with Crippen LogP contribution in [0.25, 0.3) is 0 Å². The Morgan fingerprint density at radius 1 is 0.474 bits per heavy atom. The minimum Gasteiger partial charge on any atom is -0.756 e. The Balaban J connectivity index is 5.04. The highest BCUT2D eigenvalue weighted by Gasteiger charge is 2.27. The van der Waals surface area contributed by atoms with Crippen molar-refractivity contribution in [3.63, 3.8) is 0 Å². The van der Waals surface area contributed by atoms with E-state index in [9.17, 15) is 19.0 Å². The molecule has 3 atom stereocenters. The highest BCUT2D eigenvalue weighted by Crippen LogP contribution is 2.38. The lowest BCUT2D eigenvalue weighted by molar-refractivity contribution is -0.870. The number of phosphoric acid groups is 1. The number of quaternary nitrogens is 1. The van der Waals surface area contributed by atoms with Gasteiger partial charge in [0.1, 0.15) is 19.3 Å². The zero-order valence-electron chi connectivity index (χ0n) is 51.0. The lowest BCUT2D eigenvalue weighted by Gasteiger charge is -2.30. The van der Waals surface area contributed by atoms with Crippen LogP contribution in [0.5, 0.6) is 0 Å². The Morgan fingerprint density at radius 3 is 1.25 bits per heavy atom. The van der Waals surface area contributed by atoms with Gasteiger partial charge in [-0.15, -0.1) is 0 Å². The first-order chi connectivity index (χ1) is 36.9. The lowest BCUT2D eigenvalue weighted by Crippen LogP contribution is -2.47. The summed E-state index contributed by atoms with van der Waals surface area (Å²) in [5.74, 6) is -0.554. The molecule has 10 heteroatoms. The molecule has 1 N–H and O–H groups in total. The molecule has 446 valence electrons. The van der Waals surface area contributed by atoms with Gasteiger partial charge in [0.15, 0.2) is 0 Å². The number of hydrogen-bond acceptors (Lipinski definition) is 7. The summed E-state index contributed by atoms with van der Waals surface area (Å²) >= 11 is 0. The van der Waals surface area contributed by atoms with Crippen molar-refractivity contribution in [2.45, 2.75) is 322 Å². The molecule has 0 heterocycles. The summed E-state index contributed by atoms with van der Waals surface area (Å²) in [7, 11) is 1.18. The Hall–Kier alpha value is -2.03. The van der Waals surface area contributed by atoms with Gasteiger partial charge in [-0.05, 0) is 51.0 Å². The van der Waals surface area contributed by atoms with Crippen molar-refractivity contribution < 1.29 is 37.3 Å². The Labute approximate surface area is 471 Å². The largest absolute Gasteiger partial charge is 0.756 e. The van der Waals surface area contributed by atoms with Crippen molar-refractivity contribution in [2.24, 2.45) is 0 Å². The van der Waals surface area contributed by atoms with E-state index in [4.69, 9.17) is 13.8 Å². The zero-order valence-corrected chi connectivity index (χ0v) is 51.9. The number of carbonyl (C=O) groups excluding carboxylic acids is 2. The molecule has 0 fully saturated rings. The Bertz CT molecular complexity index is 1440. The fourth-order valence-corrected chi connectivity index (χ4v) is 10.3. The van der Waals surface area contributed by atoms with Gasteiger partial charge < -0.3 is 28.5 Å². The van der Waals surface area contributed by atoms with E-state index in [1.54, 1.807) is 0 Å². The molecule has 0 bridgehead atoms. The minimum atomic E-state index is -4.70. The average molecular weight is 1090 g/mol. The number of phosphoric ester groups is 1. The molecule has 0 aliphatic heterocycles. The van der Waals surface area contributed by atoms with Crippen LogP contribution in [0.4, 0.5) is 0 Å². The number of hydrogen-bond donors (Lipinski definition) is 1. The number of carbonyl (C=O) groups is 2. The highest BCUT2D eigenvalue weighted by molar-refractivity contribution is 7.45. The molecule has 0 aliphatic rings. The number of allylic oxidation sites excluding steroid dienone is 7. The third-order valence-corrected chi connectivity index (χ3v) is 15.5. The molecule has 1 amide bonds. The van der Waals surface area contributed by atoms with E-state index < -0.39 is 26.6 Å². The minimum absolute atomic E-state index is 0.0257. The summed E-state index contributed by atoms with van der Waals surface area (Å²) in [6.07, 6.45) is 69.6. The van der Waals surface area contributed by atoms with Crippen molar-refractivity contribution in [3.05, 3.63) is 48.6 Å². The van der Waals surface area contributed by atoms with Gasteiger partial charge in [-0.3, -0.25) is 14.2 Å². The smallest absolute Gasteiger partial charge is 0.306 e. The van der Waals surface area contributed by atoms with Gasteiger partial charge in [0.2, 0.25) is 5.91 Å². The summed E-state index contributed by atoms with van der Waals surface area (Å²) in [6, 6.07) is -0.896. The molecular weight excluding hydrogens is 964 g/mol. The monoisotopic (exact) mass is 1090 g/mol. The molecule has 0 aromatic heterocycles. The molecular formula is C66H125N2O7P. The van der Waals surface area contributed by atoms with Crippen LogP contribution in [-0.4, -0.2) is 69.4 Å². The molecule has 0 rings (SSSR count). The number of likely N-dealkylation sites (N-methyl/N-ethyl adjacent to an activating group) is 1. The molecule has 0 radical (unpaired) electrons. The van der Waals surface area contributed by atoms with Crippen molar-refractivity contribution in [1.82, 2.24) is 5.32 Å². The summed E-state index contributed by atoms with van der Waals surface area (Å²) in [4.78, 5) is 40.0. The molecule has 0 spiro atoms. The third kappa shape index (κ3) is 56.7. The predicted octanol–water partition coefficient (Wildman–Crippen LogP) is 19.4. The van der Waals surface area contributed by atoms with Crippen LogP contribution in [0.3, 0.4) is 0 Å². The van der Waals surface area contributed by atoms with Gasteiger partial charge in [-0.2, -0.15) is 0 Å². The number of amides is 1. The lowest BCUT2D eigenvalue weighted by atomic mass is 10.0. The van der Waals surface area contributed by atoms with E-state index >= 15 is 0 Å². The fourth-order valence-electron chi connectivity index (χ4n) is 9.58. The topological polar surface area (TPSA) is 114 Å². The molecule has 76 heavy (non-hydrogen) atoms. The van der Waals surface area contributed by atoms with Gasteiger partial charge >= 0.3 is 5.97 Å². The summed E-state index contributed by atoms with van der Waals surface area (Å²) in [6.45, 7) is 6.72. The fraction of sp³-hybridized carbons (Fsp3) is 0.848. The molecule has 3 unspecified atom stereocenters. The number of esters is 1. The van der Waals surface area contributed by atoms with Crippen molar-refractivity contribution >= 4 is 19.7 Å². The maximum Gasteiger partial charge on any atom is 0.306 e. The van der Waals surface area contributed by atoms with Gasteiger partial charge in [0.05, 0.1) is 33.8 Å². The first kappa shape index (κ1) is 74.0. The second-order valence-electron chi connectivity index (χ2n) is 23.3. The Morgan fingerprint density at radius 2 is 0.842 bits per heavy atom. The van der Waals surface area contributed by atoms with Gasteiger partial charge in [0.25, 0.3) is 7.82 Å². The molecule has 0 aliphatic carbocycles. The number of rotatable bonds is 59. The van der Waals surface area contributed by atoms with Crippen LogP contribution in [0, 0.1) is 0 Å². The van der Waals surface area contributed by atoms with Crippen molar-refractivity contribution in [2.75, 3.05) is 40.9 Å². The van der Waals surface area contributed by atoms with E-state index in [1.165, 1.54) is 193 Å². The van der Waals surface area contributed by atoms with Crippen molar-refractivity contribution in [3.8, 4) is 0 Å². The highest BCUT2D eigenvalue weighted by atomic mass is 31.2. The number of nitrogens with zero attached hydrogens (tertiary/aromatic N) is 1. The van der Waals surface area contributed by atoms with E-state index in [2.05, 4.69) is 62.5 Å². The SMILES string of the molecule is CC/C=C/C=C/C=C\CCCCCCCC(=O)NC(COP(=O)([O-])OCC[N+](C)(C)C)C(/C=C\CCCCCCCCCCCC)OC(=O)CCCCCCCCCCCCCCCCCCCCCCCCCCC. The van der Waals surface area contributed by atoms with Gasteiger partial charge in [0, 0.05) is 12.8 Å². The molecule has 0 saturated carbocycles. The Kier molecular flexibility index (Phi) is 54.7. The normalized spacial score (nSPS) is 13.9. The molecule has 9 nitrogen and oxygen atoms in total. The molecule has 0 aromatic carbocycles. The summed E-state index contributed by atoms with van der Waals surface area (Å²) in [5, 5.41) is 3.02. The van der Waals surface area contributed by atoms with Crippen LogP contribution in [0.2, 0.25) is 0 Å². The second kappa shape index (κ2) is 56.3. The number of ether oxygens (including phenoxy) is 1. The summed E-state index contributed by atoms with van der Waals surface area (Å²) in [5.41, 5.74) is 0. The van der Waals surface area contributed by atoms with Gasteiger partial charge in [-0.1, -0.05) is 294 Å². The van der Waals surface area contributed by atoms with Crippen LogP contribution in [0.15, 0.2) is 48.6 Å². The first-order valence-electron chi connectivity index (χ1n) is 32.5. The van der Waals surface area contributed by atoms with E-state index in [0.29, 0.717) is 23.9 Å². The van der Waals surface area contributed by atoms with E-state index in [-0.39, 0.29) is 24.9 Å². The van der Waals surface area contributed by atoms with Crippen LogP contribution >= 0.6 is 7.82 Å². The standard InChI is InChI=1S/C66H125N2O7P/c1-7-10-13-16-19-22-25-28-29-30-31-32-33-34-35-36-37-38-39-41-44-47-50-53-56-59-66(70)75-64(57-54-51-48-45-42-27-24-21-18-15-12-9-3)63(62-74-76(71,72)73-61-60-68(4,5)6)67-65(69)58-55-52-49-46-43-40-26-23-20-17-14-11-8-2/h11,14,17,20,23,26,54,57,63-64H,7-10,12-13,15-16,18-19,21-22,24-25,27-53,55-56,58-62H2,1-6H3,(H-,67,69,71,72)/b14-11+,20-17+,26-23-,57-54-. The van der Waals surface area contributed by atoms with E-state index in [1.807, 2.05) is 33.3 Å². The summed E-state index contributed by atoms with van der Waals surface area (Å²) < 4.78 is 30.3. The van der Waals surface area contributed by atoms with Crippen molar-refractivity contribution in [1.29, 1.82) is 0 Å².